The number of hydrogen-bond acceptors (Lipinski definition) is 6. The molecule has 3 aromatic heterocycles. The zero-order valence-electron chi connectivity index (χ0n) is 16.7. The fourth-order valence-corrected chi connectivity index (χ4v) is 4.37. The summed E-state index contributed by atoms with van der Waals surface area (Å²) in [6.07, 6.45) is 1.68. The monoisotopic (exact) mass is 483 g/mol. The molecule has 0 saturated heterocycles. The lowest BCUT2D eigenvalue weighted by Gasteiger charge is -2.02. The lowest BCUT2D eigenvalue weighted by atomic mass is 10.2. The first-order chi connectivity index (χ1) is 15.5. The molecule has 5 rings (SSSR count). The molecule has 9 heteroatoms. The average Bonchev–Trinajstić information content (AvgIpc) is 3.49. The Bertz CT molecular complexity index is 1540. The third-order valence-corrected chi connectivity index (χ3v) is 6.41. The minimum absolute atomic E-state index is 0.248. The maximum atomic E-state index is 12.8. The van der Waals surface area contributed by atoms with Crippen LogP contribution in [0.2, 0.25) is 10.0 Å². The average molecular weight is 484 g/mol. The molecular formula is C23H15Cl2N3O3S. The number of aromatic nitrogens is 3. The largest absolute Gasteiger partial charge is 0.494 e. The van der Waals surface area contributed by atoms with E-state index < -0.39 is 0 Å². The van der Waals surface area contributed by atoms with E-state index in [4.69, 9.17) is 32.4 Å². The minimum Gasteiger partial charge on any atom is -0.494 e. The van der Waals surface area contributed by atoms with Crippen LogP contribution in [0.25, 0.3) is 33.7 Å². The summed E-state index contributed by atoms with van der Waals surface area (Å²) in [6, 6.07) is 16.3. The Morgan fingerprint density at radius 2 is 1.84 bits per heavy atom. The number of fused-ring (bicyclic) bond motifs is 1. The van der Waals surface area contributed by atoms with Crippen molar-refractivity contribution in [3.63, 3.8) is 0 Å². The second-order valence-corrected chi connectivity index (χ2v) is 8.66. The van der Waals surface area contributed by atoms with E-state index in [2.05, 4.69) is 10.1 Å². The van der Waals surface area contributed by atoms with Crippen LogP contribution in [0.1, 0.15) is 12.7 Å². The van der Waals surface area contributed by atoms with Gasteiger partial charge in [-0.1, -0.05) is 34.5 Å². The Morgan fingerprint density at radius 3 is 2.56 bits per heavy atom. The van der Waals surface area contributed by atoms with Crippen LogP contribution < -0.4 is 14.8 Å². The van der Waals surface area contributed by atoms with Gasteiger partial charge < -0.3 is 9.15 Å². The third kappa shape index (κ3) is 3.90. The minimum atomic E-state index is -0.248. The van der Waals surface area contributed by atoms with E-state index in [1.807, 2.05) is 43.3 Å². The van der Waals surface area contributed by atoms with Crippen LogP contribution in [0, 0.1) is 0 Å². The number of nitrogens with zero attached hydrogens (tertiary/aromatic N) is 3. The molecule has 0 bridgehead atoms. The van der Waals surface area contributed by atoms with E-state index in [0.717, 1.165) is 16.9 Å². The Balaban J connectivity index is 1.46. The topological polar surface area (TPSA) is 69.6 Å². The van der Waals surface area contributed by atoms with Gasteiger partial charge in [0.1, 0.15) is 21.8 Å². The van der Waals surface area contributed by atoms with E-state index in [1.165, 1.54) is 15.9 Å². The molecule has 0 atom stereocenters. The van der Waals surface area contributed by atoms with Crippen molar-refractivity contribution in [1.82, 2.24) is 14.6 Å². The van der Waals surface area contributed by atoms with Crippen LogP contribution in [0.3, 0.4) is 0 Å². The third-order valence-electron chi connectivity index (χ3n) is 4.71. The van der Waals surface area contributed by atoms with Crippen molar-refractivity contribution in [2.75, 3.05) is 6.61 Å². The Hall–Kier alpha value is -3.13. The summed E-state index contributed by atoms with van der Waals surface area (Å²) >= 11 is 13.3. The molecule has 0 saturated carbocycles. The Morgan fingerprint density at radius 1 is 1.06 bits per heavy atom. The highest BCUT2D eigenvalue weighted by atomic mass is 35.5. The van der Waals surface area contributed by atoms with Crippen molar-refractivity contribution in [2.45, 2.75) is 6.92 Å². The van der Waals surface area contributed by atoms with Crippen LogP contribution in [-0.4, -0.2) is 21.2 Å². The van der Waals surface area contributed by atoms with Crippen molar-refractivity contribution in [3.8, 4) is 28.5 Å². The van der Waals surface area contributed by atoms with Gasteiger partial charge in [0.15, 0.2) is 5.82 Å². The molecule has 0 aliphatic heterocycles. The molecule has 160 valence electrons. The van der Waals surface area contributed by atoms with Crippen LogP contribution in [0.5, 0.6) is 5.75 Å². The Kier molecular flexibility index (Phi) is 5.46. The standard InChI is InChI=1S/C23H15Cl2N3O3S/c1-2-30-15-6-3-13(4-7-15)21-26-23-28(27-21)22(29)20(32-23)12-16-8-10-19(31-16)14-5-9-17(24)18(25)11-14/h3-12H,2H2,1H3/b20-12+. The van der Waals surface area contributed by atoms with Crippen molar-refractivity contribution in [1.29, 1.82) is 0 Å². The molecule has 0 fully saturated rings. The maximum absolute atomic E-state index is 12.8. The van der Waals surface area contributed by atoms with Gasteiger partial charge in [-0.05, 0) is 61.5 Å². The summed E-state index contributed by atoms with van der Waals surface area (Å²) in [5.74, 6) is 2.43. The van der Waals surface area contributed by atoms with Gasteiger partial charge in [0.2, 0.25) is 4.96 Å². The summed E-state index contributed by atoms with van der Waals surface area (Å²) in [5, 5.41) is 5.30. The molecular weight excluding hydrogens is 469 g/mol. The van der Waals surface area contributed by atoms with Gasteiger partial charge in [-0.15, -0.1) is 5.10 Å². The predicted molar refractivity (Wildman–Crippen MR) is 127 cm³/mol. The molecule has 0 aliphatic carbocycles. The fourth-order valence-electron chi connectivity index (χ4n) is 3.19. The summed E-state index contributed by atoms with van der Waals surface area (Å²) in [6.45, 7) is 2.53. The van der Waals surface area contributed by atoms with Crippen molar-refractivity contribution < 1.29 is 9.15 Å². The quantitative estimate of drug-likeness (QED) is 0.337. The second kappa shape index (κ2) is 8.43. The Labute approximate surface area is 196 Å². The molecule has 0 N–H and O–H groups in total. The van der Waals surface area contributed by atoms with E-state index >= 15 is 0 Å². The lowest BCUT2D eigenvalue weighted by molar-refractivity contribution is 0.340. The van der Waals surface area contributed by atoms with Crippen LogP contribution in [-0.2, 0) is 0 Å². The summed E-state index contributed by atoms with van der Waals surface area (Å²) < 4.78 is 13.1. The highest BCUT2D eigenvalue weighted by molar-refractivity contribution is 7.15. The first-order valence-electron chi connectivity index (χ1n) is 9.71. The van der Waals surface area contributed by atoms with Gasteiger partial charge in [0, 0.05) is 17.2 Å². The SMILES string of the molecule is CCOc1ccc(-c2nc3s/c(=C/c4ccc(-c5ccc(Cl)c(Cl)c5)o4)c(=O)n3n2)cc1. The lowest BCUT2D eigenvalue weighted by Crippen LogP contribution is -2.23. The van der Waals surface area contributed by atoms with Crippen LogP contribution in [0.15, 0.2) is 63.8 Å². The molecule has 0 radical (unpaired) electrons. The van der Waals surface area contributed by atoms with Gasteiger partial charge in [-0.25, -0.2) is 0 Å². The van der Waals surface area contributed by atoms with E-state index in [9.17, 15) is 4.79 Å². The highest BCUT2D eigenvalue weighted by Crippen LogP contribution is 2.29. The van der Waals surface area contributed by atoms with Crippen molar-refractivity contribution in [2.24, 2.45) is 0 Å². The molecule has 5 aromatic rings. The predicted octanol–water partition coefficient (Wildman–Crippen LogP) is 5.33. The van der Waals surface area contributed by atoms with Gasteiger partial charge in [0.25, 0.3) is 5.56 Å². The zero-order valence-corrected chi connectivity index (χ0v) is 19.0. The molecule has 0 unspecified atom stereocenters. The molecule has 6 nitrogen and oxygen atoms in total. The van der Waals surface area contributed by atoms with Crippen LogP contribution in [0.4, 0.5) is 0 Å². The number of hydrogen-bond donors (Lipinski definition) is 0. The summed E-state index contributed by atoms with van der Waals surface area (Å²) in [5.41, 5.74) is 1.36. The number of benzene rings is 2. The number of thiazole rings is 1. The molecule has 0 amide bonds. The van der Waals surface area contributed by atoms with Gasteiger partial charge in [-0.3, -0.25) is 4.79 Å². The second-order valence-electron chi connectivity index (χ2n) is 6.83. The number of furan rings is 1. The maximum Gasteiger partial charge on any atom is 0.291 e. The first-order valence-corrected chi connectivity index (χ1v) is 11.3. The highest BCUT2D eigenvalue weighted by Gasteiger charge is 2.13. The van der Waals surface area contributed by atoms with E-state index in [0.29, 0.717) is 43.5 Å². The van der Waals surface area contributed by atoms with Gasteiger partial charge in [0.05, 0.1) is 16.7 Å². The van der Waals surface area contributed by atoms with E-state index in [-0.39, 0.29) is 5.56 Å². The number of ether oxygens (including phenoxy) is 1. The summed E-state index contributed by atoms with van der Waals surface area (Å²) in [4.78, 5) is 17.8. The van der Waals surface area contributed by atoms with Crippen molar-refractivity contribution >= 4 is 45.6 Å². The number of halogens is 2. The number of rotatable bonds is 5. The van der Waals surface area contributed by atoms with Crippen molar-refractivity contribution in [3.05, 3.63) is 85.3 Å². The smallest absolute Gasteiger partial charge is 0.291 e. The molecule has 0 aliphatic rings. The van der Waals surface area contributed by atoms with Crippen LogP contribution >= 0.6 is 34.5 Å². The molecule has 0 spiro atoms. The normalized spacial score (nSPS) is 12.0. The molecule has 3 heterocycles. The fraction of sp³-hybridized carbons (Fsp3) is 0.0870. The molecule has 2 aromatic carbocycles. The van der Waals surface area contributed by atoms with Gasteiger partial charge in [-0.2, -0.15) is 9.50 Å². The first kappa shape index (κ1) is 20.8. The summed E-state index contributed by atoms with van der Waals surface area (Å²) in [7, 11) is 0. The van der Waals surface area contributed by atoms with Gasteiger partial charge >= 0.3 is 0 Å². The van der Waals surface area contributed by atoms with E-state index in [1.54, 1.807) is 24.3 Å². The zero-order chi connectivity index (χ0) is 22.2. The molecule has 32 heavy (non-hydrogen) atoms.